The van der Waals surface area contributed by atoms with E-state index in [2.05, 4.69) is 0 Å². The third kappa shape index (κ3) is 2.57. The maximum atomic E-state index is 12.4. The normalized spacial score (nSPS) is 17.2. The van der Waals surface area contributed by atoms with Gasteiger partial charge in [-0.05, 0) is 23.1 Å². The van der Waals surface area contributed by atoms with Crippen LogP contribution in [0.25, 0.3) is 0 Å². The molecular weight excluding hydrogens is 280 g/mol. The first kappa shape index (κ1) is 14.3. The highest BCUT2D eigenvalue weighted by Gasteiger charge is 2.30. The summed E-state index contributed by atoms with van der Waals surface area (Å²) >= 11 is 0. The molecule has 0 bridgehead atoms. The molecule has 0 fully saturated rings. The van der Waals surface area contributed by atoms with Gasteiger partial charge in [0.25, 0.3) is 5.69 Å². The SMILES string of the molecule is CC1CC(=O)N(Cc2ccccc2)c2ccc([N+](=O)[O-])cc21. The van der Waals surface area contributed by atoms with E-state index < -0.39 is 4.92 Å². The quantitative estimate of drug-likeness (QED) is 0.641. The molecule has 112 valence electrons. The number of carbonyl (C=O) groups is 1. The minimum atomic E-state index is -0.398. The zero-order chi connectivity index (χ0) is 15.7. The molecule has 0 N–H and O–H groups in total. The van der Waals surface area contributed by atoms with E-state index in [1.54, 1.807) is 17.0 Å². The summed E-state index contributed by atoms with van der Waals surface area (Å²) in [5.74, 6) is 0.0483. The Balaban J connectivity index is 2.00. The Morgan fingerprint density at radius 1 is 1.23 bits per heavy atom. The number of fused-ring (bicyclic) bond motifs is 1. The van der Waals surface area contributed by atoms with Crippen LogP contribution in [0.1, 0.15) is 30.4 Å². The van der Waals surface area contributed by atoms with E-state index in [-0.39, 0.29) is 17.5 Å². The Hall–Kier alpha value is -2.69. The van der Waals surface area contributed by atoms with Crippen molar-refractivity contribution < 1.29 is 9.72 Å². The highest BCUT2D eigenvalue weighted by Crippen LogP contribution is 2.38. The van der Waals surface area contributed by atoms with Crippen LogP contribution in [-0.4, -0.2) is 10.8 Å². The van der Waals surface area contributed by atoms with Crippen molar-refractivity contribution in [3.05, 3.63) is 69.8 Å². The lowest BCUT2D eigenvalue weighted by atomic mass is 9.90. The van der Waals surface area contributed by atoms with E-state index in [1.165, 1.54) is 6.07 Å². The van der Waals surface area contributed by atoms with Gasteiger partial charge >= 0.3 is 0 Å². The first-order valence-electron chi connectivity index (χ1n) is 7.19. The summed E-state index contributed by atoms with van der Waals surface area (Å²) in [4.78, 5) is 24.7. The van der Waals surface area contributed by atoms with Crippen molar-refractivity contribution in [2.24, 2.45) is 0 Å². The van der Waals surface area contributed by atoms with Crippen molar-refractivity contribution in [2.45, 2.75) is 25.8 Å². The Morgan fingerprint density at radius 3 is 2.64 bits per heavy atom. The fraction of sp³-hybridized carbons (Fsp3) is 0.235. The molecule has 0 spiro atoms. The maximum absolute atomic E-state index is 12.4. The number of nitrogens with zero attached hydrogens (tertiary/aromatic N) is 2. The van der Waals surface area contributed by atoms with Crippen molar-refractivity contribution in [3.63, 3.8) is 0 Å². The third-order valence-electron chi connectivity index (χ3n) is 4.01. The first-order chi connectivity index (χ1) is 10.6. The van der Waals surface area contributed by atoms with Crippen LogP contribution in [0, 0.1) is 10.1 Å². The number of nitro benzene ring substituents is 1. The van der Waals surface area contributed by atoms with Crippen LogP contribution in [0.5, 0.6) is 0 Å². The molecule has 0 saturated heterocycles. The van der Waals surface area contributed by atoms with E-state index in [9.17, 15) is 14.9 Å². The van der Waals surface area contributed by atoms with E-state index in [1.807, 2.05) is 37.3 Å². The first-order valence-corrected chi connectivity index (χ1v) is 7.19. The molecule has 0 aromatic heterocycles. The standard InChI is InChI=1S/C17H16N2O3/c1-12-9-17(20)18(11-13-5-3-2-4-6-13)16-8-7-14(19(21)22)10-15(12)16/h2-8,10,12H,9,11H2,1H3. The van der Waals surface area contributed by atoms with Crippen molar-refractivity contribution in [3.8, 4) is 0 Å². The Morgan fingerprint density at radius 2 is 1.95 bits per heavy atom. The van der Waals surface area contributed by atoms with Gasteiger partial charge in [0, 0.05) is 24.2 Å². The smallest absolute Gasteiger partial charge is 0.269 e. The maximum Gasteiger partial charge on any atom is 0.269 e. The largest absolute Gasteiger partial charge is 0.308 e. The number of hydrogen-bond acceptors (Lipinski definition) is 3. The lowest BCUT2D eigenvalue weighted by molar-refractivity contribution is -0.384. The second kappa shape index (κ2) is 5.60. The molecule has 1 atom stereocenters. The lowest BCUT2D eigenvalue weighted by Gasteiger charge is -2.32. The van der Waals surface area contributed by atoms with E-state index >= 15 is 0 Å². The monoisotopic (exact) mass is 296 g/mol. The summed E-state index contributed by atoms with van der Waals surface area (Å²) in [7, 11) is 0. The Labute approximate surface area is 128 Å². The predicted molar refractivity (Wildman–Crippen MR) is 83.8 cm³/mol. The number of amides is 1. The minimum absolute atomic E-state index is 0.00516. The van der Waals surface area contributed by atoms with Crippen molar-refractivity contribution in [1.29, 1.82) is 0 Å². The van der Waals surface area contributed by atoms with Crippen LogP contribution >= 0.6 is 0 Å². The van der Waals surface area contributed by atoms with Gasteiger partial charge < -0.3 is 4.90 Å². The van der Waals surface area contributed by atoms with Crippen LogP contribution in [-0.2, 0) is 11.3 Å². The highest BCUT2D eigenvalue weighted by atomic mass is 16.6. The minimum Gasteiger partial charge on any atom is -0.308 e. The lowest BCUT2D eigenvalue weighted by Crippen LogP contribution is -2.35. The van der Waals surface area contributed by atoms with Crippen molar-refractivity contribution >= 4 is 17.3 Å². The molecule has 3 rings (SSSR count). The van der Waals surface area contributed by atoms with Crippen LogP contribution < -0.4 is 4.90 Å². The molecule has 1 unspecified atom stereocenters. The van der Waals surface area contributed by atoms with Gasteiger partial charge in [0.15, 0.2) is 0 Å². The molecule has 0 aliphatic carbocycles. The van der Waals surface area contributed by atoms with Crippen LogP contribution in [0.4, 0.5) is 11.4 Å². The predicted octanol–water partition coefficient (Wildman–Crippen LogP) is 3.64. The molecule has 2 aromatic rings. The number of anilines is 1. The molecule has 22 heavy (non-hydrogen) atoms. The summed E-state index contributed by atoms with van der Waals surface area (Å²) in [6, 6.07) is 14.5. The molecule has 5 heteroatoms. The zero-order valence-corrected chi connectivity index (χ0v) is 12.2. The van der Waals surface area contributed by atoms with Crippen molar-refractivity contribution in [1.82, 2.24) is 0 Å². The number of benzene rings is 2. The molecule has 1 aliphatic rings. The molecule has 1 heterocycles. The van der Waals surface area contributed by atoms with Crippen molar-refractivity contribution in [2.75, 3.05) is 4.90 Å². The summed E-state index contributed by atoms with van der Waals surface area (Å²) in [5, 5.41) is 11.0. The van der Waals surface area contributed by atoms with E-state index in [4.69, 9.17) is 0 Å². The average molecular weight is 296 g/mol. The summed E-state index contributed by atoms with van der Waals surface area (Å²) in [5.41, 5.74) is 2.75. The number of nitro groups is 1. The van der Waals surface area contributed by atoms with Gasteiger partial charge in [-0.3, -0.25) is 14.9 Å². The molecule has 1 aliphatic heterocycles. The number of non-ortho nitro benzene ring substituents is 1. The number of hydrogen-bond donors (Lipinski definition) is 0. The van der Waals surface area contributed by atoms with Crippen LogP contribution in [0.3, 0.4) is 0 Å². The van der Waals surface area contributed by atoms with Gasteiger partial charge in [-0.2, -0.15) is 0 Å². The average Bonchev–Trinajstić information content (AvgIpc) is 2.52. The molecule has 0 radical (unpaired) electrons. The molecular formula is C17H16N2O3. The number of carbonyl (C=O) groups excluding carboxylic acids is 1. The summed E-state index contributed by atoms with van der Waals surface area (Å²) in [6.07, 6.45) is 0.376. The summed E-state index contributed by atoms with van der Waals surface area (Å²) in [6.45, 7) is 2.41. The van der Waals surface area contributed by atoms with E-state index in [0.29, 0.717) is 13.0 Å². The van der Waals surface area contributed by atoms with Gasteiger partial charge in [-0.25, -0.2) is 0 Å². The third-order valence-corrected chi connectivity index (χ3v) is 4.01. The van der Waals surface area contributed by atoms with Gasteiger partial charge in [0.2, 0.25) is 5.91 Å². The second-order valence-electron chi connectivity index (χ2n) is 5.57. The van der Waals surface area contributed by atoms with Gasteiger partial charge in [-0.15, -0.1) is 0 Å². The molecule has 5 nitrogen and oxygen atoms in total. The Kier molecular flexibility index (Phi) is 3.63. The second-order valence-corrected chi connectivity index (χ2v) is 5.57. The zero-order valence-electron chi connectivity index (χ0n) is 12.2. The van der Waals surface area contributed by atoms with Gasteiger partial charge in [-0.1, -0.05) is 37.3 Å². The van der Waals surface area contributed by atoms with Gasteiger partial charge in [0.05, 0.1) is 11.5 Å². The summed E-state index contributed by atoms with van der Waals surface area (Å²) < 4.78 is 0. The molecule has 1 amide bonds. The fourth-order valence-corrected chi connectivity index (χ4v) is 2.85. The van der Waals surface area contributed by atoms with Gasteiger partial charge in [0.1, 0.15) is 0 Å². The van der Waals surface area contributed by atoms with Crippen LogP contribution in [0.15, 0.2) is 48.5 Å². The number of rotatable bonds is 3. The molecule has 2 aromatic carbocycles. The fourth-order valence-electron chi connectivity index (χ4n) is 2.85. The highest BCUT2D eigenvalue weighted by molar-refractivity contribution is 5.97. The molecule has 0 saturated carbocycles. The van der Waals surface area contributed by atoms with Crippen LogP contribution in [0.2, 0.25) is 0 Å². The Bertz CT molecular complexity index is 728. The topological polar surface area (TPSA) is 63.5 Å². The van der Waals surface area contributed by atoms with E-state index in [0.717, 1.165) is 16.8 Å².